The minimum Gasteiger partial charge on any atom is -0.348 e. The first kappa shape index (κ1) is 13.3. The molecule has 2 rings (SSSR count). The zero-order valence-electron chi connectivity index (χ0n) is 11.2. The molecule has 1 N–H and O–H groups in total. The quantitative estimate of drug-likeness (QED) is 0.885. The van der Waals surface area contributed by atoms with Crippen molar-refractivity contribution in [1.82, 2.24) is 20.3 Å². The first-order valence-corrected chi connectivity index (χ1v) is 6.36. The minimum absolute atomic E-state index is 0.106. The Morgan fingerprint density at radius 1 is 1.37 bits per heavy atom. The zero-order valence-corrected chi connectivity index (χ0v) is 11.2. The lowest BCUT2D eigenvalue weighted by Gasteiger charge is -2.12. The van der Waals surface area contributed by atoms with Gasteiger partial charge in [-0.05, 0) is 25.3 Å². The number of benzene rings is 1. The summed E-state index contributed by atoms with van der Waals surface area (Å²) in [5.74, 6) is -0.173. The maximum absolute atomic E-state index is 11.9. The highest BCUT2D eigenvalue weighted by Gasteiger charge is 2.12. The van der Waals surface area contributed by atoms with Gasteiger partial charge in [-0.15, -0.1) is 5.10 Å². The van der Waals surface area contributed by atoms with E-state index >= 15 is 0 Å². The molecule has 1 amide bonds. The SMILES string of the molecule is C[C@H](CCc1ccccc1)NC(=O)c1cn(C)nn1. The van der Waals surface area contributed by atoms with E-state index in [-0.39, 0.29) is 11.9 Å². The van der Waals surface area contributed by atoms with Crippen molar-refractivity contribution in [3.63, 3.8) is 0 Å². The molecule has 19 heavy (non-hydrogen) atoms. The van der Waals surface area contributed by atoms with Crippen molar-refractivity contribution in [2.45, 2.75) is 25.8 Å². The lowest BCUT2D eigenvalue weighted by atomic mass is 10.1. The van der Waals surface area contributed by atoms with Crippen LogP contribution in [0.4, 0.5) is 0 Å². The topological polar surface area (TPSA) is 59.8 Å². The van der Waals surface area contributed by atoms with E-state index in [1.165, 1.54) is 10.2 Å². The van der Waals surface area contributed by atoms with Crippen LogP contribution in [-0.2, 0) is 13.5 Å². The van der Waals surface area contributed by atoms with E-state index in [1.54, 1.807) is 13.2 Å². The second kappa shape index (κ2) is 6.13. The highest BCUT2D eigenvalue weighted by Crippen LogP contribution is 2.05. The van der Waals surface area contributed by atoms with Gasteiger partial charge in [-0.3, -0.25) is 9.48 Å². The van der Waals surface area contributed by atoms with Gasteiger partial charge in [-0.25, -0.2) is 0 Å². The lowest BCUT2D eigenvalue weighted by Crippen LogP contribution is -2.33. The second-order valence-corrected chi connectivity index (χ2v) is 4.68. The summed E-state index contributed by atoms with van der Waals surface area (Å²) in [5, 5.41) is 10.5. The van der Waals surface area contributed by atoms with E-state index in [1.807, 2.05) is 25.1 Å². The van der Waals surface area contributed by atoms with Crippen molar-refractivity contribution in [1.29, 1.82) is 0 Å². The number of nitrogens with zero attached hydrogens (tertiary/aromatic N) is 3. The van der Waals surface area contributed by atoms with Crippen LogP contribution in [0, 0.1) is 0 Å². The fourth-order valence-corrected chi connectivity index (χ4v) is 1.85. The molecule has 0 fully saturated rings. The zero-order chi connectivity index (χ0) is 13.7. The number of amides is 1. The van der Waals surface area contributed by atoms with Gasteiger partial charge in [0, 0.05) is 13.1 Å². The molecule has 5 nitrogen and oxygen atoms in total. The Balaban J connectivity index is 1.81. The van der Waals surface area contributed by atoms with Crippen LogP contribution in [0.15, 0.2) is 36.5 Å². The third-order valence-corrected chi connectivity index (χ3v) is 2.92. The molecule has 2 aromatic rings. The monoisotopic (exact) mass is 258 g/mol. The van der Waals surface area contributed by atoms with E-state index in [0.29, 0.717) is 5.69 Å². The molecule has 1 aromatic carbocycles. The fourth-order valence-electron chi connectivity index (χ4n) is 1.85. The van der Waals surface area contributed by atoms with E-state index in [2.05, 4.69) is 27.8 Å². The predicted octanol–water partition coefficient (Wildman–Crippen LogP) is 1.57. The van der Waals surface area contributed by atoms with Crippen LogP contribution in [0.3, 0.4) is 0 Å². The molecule has 0 aliphatic heterocycles. The molecule has 0 unspecified atom stereocenters. The first-order chi connectivity index (χ1) is 9.15. The molecule has 0 saturated carbocycles. The summed E-state index contributed by atoms with van der Waals surface area (Å²) < 4.78 is 1.52. The molecule has 1 atom stereocenters. The molecule has 0 saturated heterocycles. The standard InChI is InChI=1S/C14H18N4O/c1-11(8-9-12-6-4-3-5-7-12)15-14(19)13-10-18(2)17-16-13/h3-7,10-11H,8-9H2,1-2H3,(H,15,19)/t11-/m1/s1. The Labute approximate surface area is 112 Å². The van der Waals surface area contributed by atoms with Gasteiger partial charge in [0.1, 0.15) is 0 Å². The number of hydrogen-bond donors (Lipinski definition) is 1. The summed E-state index contributed by atoms with van der Waals surface area (Å²) in [5.41, 5.74) is 1.64. The van der Waals surface area contributed by atoms with E-state index in [9.17, 15) is 4.79 Å². The molecular weight excluding hydrogens is 240 g/mol. The van der Waals surface area contributed by atoms with Crippen LogP contribution >= 0.6 is 0 Å². The first-order valence-electron chi connectivity index (χ1n) is 6.36. The number of hydrogen-bond acceptors (Lipinski definition) is 3. The summed E-state index contributed by atoms with van der Waals surface area (Å²) >= 11 is 0. The minimum atomic E-state index is -0.173. The normalized spacial score (nSPS) is 12.1. The highest BCUT2D eigenvalue weighted by atomic mass is 16.2. The molecule has 0 aliphatic rings. The van der Waals surface area contributed by atoms with E-state index < -0.39 is 0 Å². The summed E-state index contributed by atoms with van der Waals surface area (Å²) in [6.07, 6.45) is 3.46. The van der Waals surface area contributed by atoms with Crippen LogP contribution < -0.4 is 5.32 Å². The van der Waals surface area contributed by atoms with Crippen molar-refractivity contribution >= 4 is 5.91 Å². The highest BCUT2D eigenvalue weighted by molar-refractivity contribution is 5.92. The molecule has 5 heteroatoms. The Hall–Kier alpha value is -2.17. The van der Waals surface area contributed by atoms with Crippen LogP contribution in [0.25, 0.3) is 0 Å². The number of nitrogens with one attached hydrogen (secondary N) is 1. The van der Waals surface area contributed by atoms with Crippen molar-refractivity contribution in [2.75, 3.05) is 0 Å². The third-order valence-electron chi connectivity index (χ3n) is 2.92. The molecule has 1 heterocycles. The number of carbonyl (C=O) groups excluding carboxylic acids is 1. The van der Waals surface area contributed by atoms with Gasteiger partial charge in [0.05, 0.1) is 6.20 Å². The third kappa shape index (κ3) is 3.91. The van der Waals surface area contributed by atoms with Gasteiger partial charge in [0.15, 0.2) is 5.69 Å². The Morgan fingerprint density at radius 3 is 2.74 bits per heavy atom. The Bertz CT molecular complexity index is 535. The summed E-state index contributed by atoms with van der Waals surface area (Å²) in [4.78, 5) is 11.9. The van der Waals surface area contributed by atoms with Crippen molar-refractivity contribution < 1.29 is 4.79 Å². The molecule has 0 aliphatic carbocycles. The Morgan fingerprint density at radius 2 is 2.11 bits per heavy atom. The second-order valence-electron chi connectivity index (χ2n) is 4.68. The molecule has 1 aromatic heterocycles. The van der Waals surface area contributed by atoms with Gasteiger partial charge < -0.3 is 5.32 Å². The smallest absolute Gasteiger partial charge is 0.273 e. The lowest BCUT2D eigenvalue weighted by molar-refractivity contribution is 0.0933. The maximum atomic E-state index is 11.9. The van der Waals surface area contributed by atoms with Crippen molar-refractivity contribution in [3.05, 3.63) is 47.8 Å². The van der Waals surface area contributed by atoms with E-state index in [0.717, 1.165) is 12.8 Å². The average Bonchev–Trinajstić information content (AvgIpc) is 2.84. The van der Waals surface area contributed by atoms with Crippen LogP contribution in [0.5, 0.6) is 0 Å². The van der Waals surface area contributed by atoms with Gasteiger partial charge in [-0.2, -0.15) is 0 Å². The molecular formula is C14H18N4O. The van der Waals surface area contributed by atoms with Crippen molar-refractivity contribution in [2.24, 2.45) is 7.05 Å². The van der Waals surface area contributed by atoms with Gasteiger partial charge in [-0.1, -0.05) is 35.5 Å². The van der Waals surface area contributed by atoms with E-state index in [4.69, 9.17) is 0 Å². The summed E-state index contributed by atoms with van der Waals surface area (Å²) in [7, 11) is 1.74. The predicted molar refractivity (Wildman–Crippen MR) is 72.7 cm³/mol. The van der Waals surface area contributed by atoms with Crippen molar-refractivity contribution in [3.8, 4) is 0 Å². The molecule has 0 radical (unpaired) electrons. The molecule has 0 bridgehead atoms. The fraction of sp³-hybridized carbons (Fsp3) is 0.357. The maximum Gasteiger partial charge on any atom is 0.273 e. The van der Waals surface area contributed by atoms with Crippen LogP contribution in [0.1, 0.15) is 29.4 Å². The Kier molecular flexibility index (Phi) is 4.28. The van der Waals surface area contributed by atoms with Gasteiger partial charge in [0.25, 0.3) is 5.91 Å². The van der Waals surface area contributed by atoms with Crippen LogP contribution in [0.2, 0.25) is 0 Å². The summed E-state index contributed by atoms with van der Waals surface area (Å²) in [6.45, 7) is 2.00. The molecule has 100 valence electrons. The van der Waals surface area contributed by atoms with Gasteiger partial charge in [0.2, 0.25) is 0 Å². The van der Waals surface area contributed by atoms with Gasteiger partial charge >= 0.3 is 0 Å². The average molecular weight is 258 g/mol. The number of rotatable bonds is 5. The number of carbonyl (C=O) groups is 1. The number of aryl methyl sites for hydroxylation is 2. The number of aromatic nitrogens is 3. The van der Waals surface area contributed by atoms with Crippen LogP contribution in [-0.4, -0.2) is 26.9 Å². The summed E-state index contributed by atoms with van der Waals surface area (Å²) in [6, 6.07) is 10.3. The largest absolute Gasteiger partial charge is 0.348 e. The molecule has 0 spiro atoms.